The van der Waals surface area contributed by atoms with Gasteiger partial charge in [-0.1, -0.05) is 48.0 Å². The lowest BCUT2D eigenvalue weighted by atomic mass is 9.58. The fourth-order valence-electron chi connectivity index (χ4n) is 2.84. The van der Waals surface area contributed by atoms with Crippen molar-refractivity contribution in [3.8, 4) is 0 Å². The Bertz CT molecular complexity index is 441. The summed E-state index contributed by atoms with van der Waals surface area (Å²) in [5.41, 5.74) is -0.757. The van der Waals surface area contributed by atoms with Crippen LogP contribution in [0.1, 0.15) is 67.7 Å². The Morgan fingerprint density at radius 3 is 2.22 bits per heavy atom. The van der Waals surface area contributed by atoms with Crippen molar-refractivity contribution >= 4 is 12.1 Å². The first-order valence-corrected chi connectivity index (χ1v) is 8.48. The van der Waals surface area contributed by atoms with E-state index in [1.54, 1.807) is 0 Å². The van der Waals surface area contributed by atoms with Gasteiger partial charge in [0.05, 0.1) is 5.41 Å². The zero-order valence-corrected chi connectivity index (χ0v) is 15.7. The van der Waals surface area contributed by atoms with Crippen LogP contribution in [0.5, 0.6) is 0 Å². The predicted octanol–water partition coefficient (Wildman–Crippen LogP) is 4.33. The molecule has 0 aromatic carbocycles. The molecule has 5 heteroatoms. The van der Waals surface area contributed by atoms with Crippen molar-refractivity contribution in [3.63, 3.8) is 0 Å². The van der Waals surface area contributed by atoms with Crippen molar-refractivity contribution in [1.29, 1.82) is 0 Å². The molecule has 0 amide bonds. The van der Waals surface area contributed by atoms with E-state index in [9.17, 15) is 9.59 Å². The van der Waals surface area contributed by atoms with Gasteiger partial charge in [-0.3, -0.25) is 4.79 Å². The molecule has 0 aromatic rings. The highest BCUT2D eigenvalue weighted by Crippen LogP contribution is 2.50. The number of ether oxygens (including phenoxy) is 3. The number of carbonyl (C=O) groups excluding carboxylic acids is 2. The minimum absolute atomic E-state index is 0.0448. The minimum atomic E-state index is -0.699. The van der Waals surface area contributed by atoms with Crippen molar-refractivity contribution < 1.29 is 23.8 Å². The lowest BCUT2D eigenvalue weighted by molar-refractivity contribution is -0.168. The monoisotopic (exact) mass is 328 g/mol. The van der Waals surface area contributed by atoms with Gasteiger partial charge in [0.15, 0.2) is 6.10 Å². The van der Waals surface area contributed by atoms with E-state index in [4.69, 9.17) is 14.2 Å². The maximum absolute atomic E-state index is 12.9. The van der Waals surface area contributed by atoms with E-state index >= 15 is 0 Å². The van der Waals surface area contributed by atoms with Crippen molar-refractivity contribution in [3.05, 3.63) is 0 Å². The van der Waals surface area contributed by atoms with Crippen LogP contribution in [0.2, 0.25) is 0 Å². The quantitative estimate of drug-likeness (QED) is 0.620. The van der Waals surface area contributed by atoms with Gasteiger partial charge in [-0.25, -0.2) is 4.79 Å². The van der Waals surface area contributed by atoms with Gasteiger partial charge in [0.2, 0.25) is 0 Å². The van der Waals surface area contributed by atoms with Crippen LogP contribution in [0.3, 0.4) is 0 Å². The molecule has 1 heterocycles. The van der Waals surface area contributed by atoms with Gasteiger partial charge in [-0.2, -0.15) is 0 Å². The molecule has 23 heavy (non-hydrogen) atoms. The molecule has 1 aliphatic heterocycles. The Balaban J connectivity index is 2.86. The van der Waals surface area contributed by atoms with Crippen LogP contribution in [0, 0.1) is 16.2 Å². The number of carbonyl (C=O) groups is 2. The second-order valence-electron chi connectivity index (χ2n) is 8.16. The fourth-order valence-corrected chi connectivity index (χ4v) is 2.84. The zero-order chi connectivity index (χ0) is 17.9. The SMILES string of the molecule is CCC(C)(C)CC(C)(C(=O)OCC1COC(=O)O1)C(C)(C)CC. The molecule has 0 aromatic heterocycles. The van der Waals surface area contributed by atoms with Gasteiger partial charge in [-0.15, -0.1) is 0 Å². The van der Waals surface area contributed by atoms with Crippen LogP contribution in [-0.2, 0) is 19.0 Å². The average Bonchev–Trinajstić information content (AvgIpc) is 2.89. The van der Waals surface area contributed by atoms with Crippen LogP contribution < -0.4 is 0 Å². The summed E-state index contributed by atoms with van der Waals surface area (Å²) in [5, 5.41) is 0. The lowest BCUT2D eigenvalue weighted by Crippen LogP contribution is -2.46. The van der Waals surface area contributed by atoms with E-state index in [-0.39, 0.29) is 30.0 Å². The second kappa shape index (κ2) is 7.10. The second-order valence-corrected chi connectivity index (χ2v) is 8.16. The van der Waals surface area contributed by atoms with E-state index in [1.807, 2.05) is 6.92 Å². The molecule has 0 aliphatic carbocycles. The number of cyclic esters (lactones) is 2. The van der Waals surface area contributed by atoms with Gasteiger partial charge >= 0.3 is 12.1 Å². The molecular formula is C18H32O5. The van der Waals surface area contributed by atoms with Crippen LogP contribution in [-0.4, -0.2) is 31.4 Å². The summed E-state index contributed by atoms with van der Waals surface area (Å²) in [6.45, 7) is 15.0. The molecule has 0 N–H and O–H groups in total. The fraction of sp³-hybridized carbons (Fsp3) is 0.889. The van der Waals surface area contributed by atoms with Gasteiger partial charge in [0.1, 0.15) is 13.2 Å². The molecular weight excluding hydrogens is 296 g/mol. The van der Waals surface area contributed by atoms with E-state index in [2.05, 4.69) is 41.5 Å². The third-order valence-electron chi connectivity index (χ3n) is 5.67. The van der Waals surface area contributed by atoms with Crippen LogP contribution in [0.4, 0.5) is 4.79 Å². The number of hydrogen-bond acceptors (Lipinski definition) is 5. The average molecular weight is 328 g/mol. The van der Waals surface area contributed by atoms with Crippen molar-refractivity contribution in [1.82, 2.24) is 0 Å². The van der Waals surface area contributed by atoms with Gasteiger partial charge in [0.25, 0.3) is 0 Å². The highest BCUT2D eigenvalue weighted by Gasteiger charge is 2.50. The van der Waals surface area contributed by atoms with Gasteiger partial charge in [-0.05, 0) is 30.6 Å². The molecule has 1 rings (SSSR count). The molecule has 2 unspecified atom stereocenters. The minimum Gasteiger partial charge on any atom is -0.461 e. The summed E-state index contributed by atoms with van der Waals surface area (Å²) in [7, 11) is 0. The highest BCUT2D eigenvalue weighted by atomic mass is 16.8. The standard InChI is InChI=1S/C18H32O5/c1-8-16(3,4)12-18(7,17(5,6)9-2)14(19)21-10-13-11-22-15(20)23-13/h13H,8-12H2,1-7H3. The first-order valence-electron chi connectivity index (χ1n) is 8.48. The molecule has 1 fully saturated rings. The maximum Gasteiger partial charge on any atom is 0.508 e. The van der Waals surface area contributed by atoms with E-state index in [0.29, 0.717) is 0 Å². The summed E-state index contributed by atoms with van der Waals surface area (Å²) < 4.78 is 15.2. The van der Waals surface area contributed by atoms with Crippen molar-refractivity contribution in [2.75, 3.05) is 13.2 Å². The molecule has 1 saturated heterocycles. The first kappa shape index (κ1) is 19.8. The normalized spacial score (nSPS) is 21.3. The third kappa shape index (κ3) is 4.61. The Labute approximate surface area is 140 Å². The molecule has 0 bridgehead atoms. The van der Waals surface area contributed by atoms with E-state index in [0.717, 1.165) is 19.3 Å². The molecule has 1 aliphatic rings. The summed E-state index contributed by atoms with van der Waals surface area (Å²) >= 11 is 0. The third-order valence-corrected chi connectivity index (χ3v) is 5.67. The van der Waals surface area contributed by atoms with Crippen LogP contribution >= 0.6 is 0 Å². The maximum atomic E-state index is 12.9. The molecule has 0 saturated carbocycles. The highest BCUT2D eigenvalue weighted by molar-refractivity contribution is 5.77. The number of rotatable bonds is 8. The van der Waals surface area contributed by atoms with E-state index < -0.39 is 17.7 Å². The largest absolute Gasteiger partial charge is 0.508 e. The lowest BCUT2D eigenvalue weighted by Gasteiger charge is -2.45. The summed E-state index contributed by atoms with van der Waals surface area (Å²) in [6, 6.07) is 0. The zero-order valence-electron chi connectivity index (χ0n) is 15.7. The number of hydrogen-bond donors (Lipinski definition) is 0. The van der Waals surface area contributed by atoms with Crippen molar-refractivity contribution in [2.45, 2.75) is 73.8 Å². The number of esters is 1. The molecule has 0 radical (unpaired) electrons. The van der Waals surface area contributed by atoms with Gasteiger partial charge in [0, 0.05) is 0 Å². The molecule has 5 nitrogen and oxygen atoms in total. The predicted molar refractivity (Wildman–Crippen MR) is 88.0 cm³/mol. The molecule has 2 atom stereocenters. The van der Waals surface area contributed by atoms with Crippen LogP contribution in [0.15, 0.2) is 0 Å². The molecule has 0 spiro atoms. The van der Waals surface area contributed by atoms with Crippen LogP contribution in [0.25, 0.3) is 0 Å². The summed E-state index contributed by atoms with van der Waals surface area (Å²) in [5.74, 6) is -0.228. The topological polar surface area (TPSA) is 61.8 Å². The Kier molecular flexibility index (Phi) is 6.11. The Morgan fingerprint density at radius 2 is 1.78 bits per heavy atom. The molecule has 134 valence electrons. The van der Waals surface area contributed by atoms with Crippen molar-refractivity contribution in [2.24, 2.45) is 16.2 Å². The van der Waals surface area contributed by atoms with Gasteiger partial charge < -0.3 is 14.2 Å². The van der Waals surface area contributed by atoms with E-state index in [1.165, 1.54) is 0 Å². The Morgan fingerprint density at radius 1 is 1.17 bits per heavy atom. The summed E-state index contributed by atoms with van der Waals surface area (Å²) in [6.07, 6.45) is 1.41. The smallest absolute Gasteiger partial charge is 0.461 e. The first-order chi connectivity index (χ1) is 10.5. The summed E-state index contributed by atoms with van der Waals surface area (Å²) in [4.78, 5) is 23.8. The Hall–Kier alpha value is -1.26.